The summed E-state index contributed by atoms with van der Waals surface area (Å²) in [7, 11) is 2.70. The first-order chi connectivity index (χ1) is 14.4. The fourth-order valence-electron chi connectivity index (χ4n) is 2.40. The zero-order chi connectivity index (χ0) is 22.1. The summed E-state index contributed by atoms with van der Waals surface area (Å²) in [5, 5.41) is 12.2. The molecule has 0 saturated heterocycles. The molecule has 30 heavy (non-hydrogen) atoms. The molecule has 8 heteroatoms. The van der Waals surface area contributed by atoms with E-state index < -0.39 is 11.9 Å². The summed E-state index contributed by atoms with van der Waals surface area (Å²) >= 11 is 6.21. The fraction of sp³-hybridized carbons (Fsp3) is 0.136. The summed E-state index contributed by atoms with van der Waals surface area (Å²) < 4.78 is 15.2. The molecule has 1 N–H and O–H groups in total. The van der Waals surface area contributed by atoms with Gasteiger partial charge >= 0.3 is 5.97 Å². The molecule has 0 aromatic heterocycles. The summed E-state index contributed by atoms with van der Waals surface area (Å²) in [5.41, 5.74) is 1.03. The van der Waals surface area contributed by atoms with E-state index in [4.69, 9.17) is 27.5 Å². The fourth-order valence-corrected chi connectivity index (χ4v) is 2.67. The Bertz CT molecular complexity index is 1060. The molecule has 0 aliphatic rings. The maximum atomic E-state index is 12.5. The number of hydrogen-bond acceptors (Lipinski definition) is 6. The molecule has 0 bridgehead atoms. The van der Waals surface area contributed by atoms with Crippen LogP contribution >= 0.6 is 11.6 Å². The van der Waals surface area contributed by atoms with Gasteiger partial charge < -0.3 is 19.5 Å². The van der Waals surface area contributed by atoms with Gasteiger partial charge in [0.05, 0.1) is 24.8 Å². The molecule has 0 radical (unpaired) electrons. The van der Waals surface area contributed by atoms with Crippen LogP contribution in [0.25, 0.3) is 6.08 Å². The summed E-state index contributed by atoms with van der Waals surface area (Å²) in [5.74, 6) is 1.78. The van der Waals surface area contributed by atoms with Crippen molar-refractivity contribution >= 4 is 35.2 Å². The molecule has 0 saturated carbocycles. The van der Waals surface area contributed by atoms with Crippen LogP contribution in [0.1, 0.15) is 15.9 Å². The third kappa shape index (κ3) is 5.54. The largest absolute Gasteiger partial charge is 0.493 e. The number of hydrogen-bond donors (Lipinski definition) is 1. The van der Waals surface area contributed by atoms with Gasteiger partial charge in [0, 0.05) is 5.69 Å². The number of halogens is 1. The lowest BCUT2D eigenvalue weighted by Gasteiger charge is -2.12. The molecule has 0 heterocycles. The predicted octanol–water partition coefficient (Wildman–Crippen LogP) is 3.69. The van der Waals surface area contributed by atoms with Crippen LogP contribution in [0.15, 0.2) is 42.0 Å². The minimum absolute atomic E-state index is 0.00584. The van der Waals surface area contributed by atoms with Crippen LogP contribution in [0.2, 0.25) is 5.02 Å². The van der Waals surface area contributed by atoms with Gasteiger partial charge in [0.2, 0.25) is 0 Å². The van der Waals surface area contributed by atoms with Crippen molar-refractivity contribution in [2.24, 2.45) is 0 Å². The Labute approximate surface area is 178 Å². The van der Waals surface area contributed by atoms with E-state index in [1.54, 1.807) is 6.07 Å². The SMILES string of the molecule is C#CCOc1c(Cl)cc(/C=C(\C#N)C(=O)Nc2ccc(C(=O)OC)cc2)cc1OC. The number of nitrogens with one attached hydrogen (secondary N) is 1. The molecule has 0 atom stereocenters. The van der Waals surface area contributed by atoms with E-state index in [1.807, 2.05) is 6.07 Å². The maximum Gasteiger partial charge on any atom is 0.337 e. The van der Waals surface area contributed by atoms with E-state index >= 15 is 0 Å². The lowest BCUT2D eigenvalue weighted by Crippen LogP contribution is -2.13. The van der Waals surface area contributed by atoms with Gasteiger partial charge in [-0.1, -0.05) is 17.5 Å². The van der Waals surface area contributed by atoms with Crippen LogP contribution in [0.5, 0.6) is 11.5 Å². The van der Waals surface area contributed by atoms with Gasteiger partial charge in [-0.2, -0.15) is 5.26 Å². The first-order valence-electron chi connectivity index (χ1n) is 8.48. The smallest absolute Gasteiger partial charge is 0.337 e. The van der Waals surface area contributed by atoms with E-state index in [0.29, 0.717) is 22.6 Å². The van der Waals surface area contributed by atoms with E-state index in [2.05, 4.69) is 16.0 Å². The normalized spacial score (nSPS) is 10.4. The number of rotatable bonds is 7. The first kappa shape index (κ1) is 22.4. The van der Waals surface area contributed by atoms with Crippen molar-refractivity contribution in [2.75, 3.05) is 26.1 Å². The summed E-state index contributed by atoms with van der Waals surface area (Å²) in [6, 6.07) is 11.0. The van der Waals surface area contributed by atoms with Crippen LogP contribution < -0.4 is 14.8 Å². The quantitative estimate of drug-likeness (QED) is 0.315. The number of terminal acetylenes is 1. The number of methoxy groups -OCH3 is 2. The lowest BCUT2D eigenvalue weighted by molar-refractivity contribution is -0.112. The number of carbonyl (C=O) groups is 2. The average Bonchev–Trinajstić information content (AvgIpc) is 2.76. The number of amides is 1. The second-order valence-electron chi connectivity index (χ2n) is 5.72. The molecular formula is C22H17ClN2O5. The van der Waals surface area contributed by atoms with E-state index in [0.717, 1.165) is 0 Å². The van der Waals surface area contributed by atoms with E-state index in [1.165, 1.54) is 50.6 Å². The van der Waals surface area contributed by atoms with Gasteiger partial charge in [-0.25, -0.2) is 4.79 Å². The van der Waals surface area contributed by atoms with Gasteiger partial charge in [0.1, 0.15) is 18.2 Å². The zero-order valence-corrected chi connectivity index (χ0v) is 16.9. The molecule has 2 aromatic carbocycles. The Hall–Kier alpha value is -3.94. The highest BCUT2D eigenvalue weighted by molar-refractivity contribution is 6.32. The van der Waals surface area contributed by atoms with Gasteiger partial charge in [0.15, 0.2) is 11.5 Å². The molecule has 2 rings (SSSR count). The monoisotopic (exact) mass is 424 g/mol. The van der Waals surface area contributed by atoms with Crippen molar-refractivity contribution in [3.05, 3.63) is 58.1 Å². The first-order valence-corrected chi connectivity index (χ1v) is 8.86. The molecule has 152 valence electrons. The van der Waals surface area contributed by atoms with Crippen molar-refractivity contribution in [3.63, 3.8) is 0 Å². The Morgan fingerprint density at radius 2 is 1.93 bits per heavy atom. The molecule has 0 spiro atoms. The molecule has 7 nitrogen and oxygen atoms in total. The highest BCUT2D eigenvalue weighted by Crippen LogP contribution is 2.37. The second-order valence-corrected chi connectivity index (χ2v) is 6.13. The predicted molar refractivity (Wildman–Crippen MR) is 112 cm³/mol. The molecule has 0 aliphatic heterocycles. The number of esters is 1. The highest BCUT2D eigenvalue weighted by Gasteiger charge is 2.14. The number of nitriles is 1. The Balaban J connectivity index is 2.25. The number of anilines is 1. The number of ether oxygens (including phenoxy) is 3. The van der Waals surface area contributed by atoms with Crippen LogP contribution in [0, 0.1) is 23.7 Å². The number of carbonyl (C=O) groups excluding carboxylic acids is 2. The van der Waals surface area contributed by atoms with Crippen LogP contribution in [-0.4, -0.2) is 32.7 Å². The van der Waals surface area contributed by atoms with Crippen LogP contribution in [-0.2, 0) is 9.53 Å². The maximum absolute atomic E-state index is 12.5. The molecule has 0 unspecified atom stereocenters. The molecule has 0 aliphatic carbocycles. The second kappa shape index (κ2) is 10.6. The minimum atomic E-state index is -0.633. The summed E-state index contributed by atoms with van der Waals surface area (Å²) in [6.45, 7) is 0.00584. The number of nitrogens with zero attached hydrogens (tertiary/aromatic N) is 1. The lowest BCUT2D eigenvalue weighted by atomic mass is 10.1. The Kier molecular flexibility index (Phi) is 7.87. The number of benzene rings is 2. The van der Waals surface area contributed by atoms with Crippen LogP contribution in [0.3, 0.4) is 0 Å². The van der Waals surface area contributed by atoms with Crippen molar-refractivity contribution in [2.45, 2.75) is 0 Å². The molecular weight excluding hydrogens is 408 g/mol. The van der Waals surface area contributed by atoms with Gasteiger partial charge in [-0.15, -0.1) is 6.42 Å². The molecule has 0 fully saturated rings. The van der Waals surface area contributed by atoms with Crippen molar-refractivity contribution in [3.8, 4) is 29.9 Å². The summed E-state index contributed by atoms with van der Waals surface area (Å²) in [6.07, 6.45) is 6.55. The Morgan fingerprint density at radius 3 is 2.50 bits per heavy atom. The third-order valence-corrected chi connectivity index (χ3v) is 4.07. The van der Waals surface area contributed by atoms with Crippen LogP contribution in [0.4, 0.5) is 5.69 Å². The van der Waals surface area contributed by atoms with Gasteiger partial charge in [0.25, 0.3) is 5.91 Å². The Morgan fingerprint density at radius 1 is 1.23 bits per heavy atom. The standard InChI is InChI=1S/C22H17ClN2O5/c1-4-9-30-20-18(23)11-14(12-19(20)28-2)10-16(13-24)21(26)25-17-7-5-15(6-8-17)22(27)29-3/h1,5-8,10-12H,9H2,2-3H3,(H,25,26)/b16-10+. The van der Waals surface area contributed by atoms with Crippen molar-refractivity contribution in [1.29, 1.82) is 5.26 Å². The van der Waals surface area contributed by atoms with Gasteiger partial charge in [-0.05, 0) is 48.0 Å². The highest BCUT2D eigenvalue weighted by atomic mass is 35.5. The van der Waals surface area contributed by atoms with E-state index in [9.17, 15) is 14.9 Å². The molecule has 2 aromatic rings. The van der Waals surface area contributed by atoms with Crippen molar-refractivity contribution < 1.29 is 23.8 Å². The topological polar surface area (TPSA) is 97.7 Å². The zero-order valence-electron chi connectivity index (χ0n) is 16.2. The van der Waals surface area contributed by atoms with Gasteiger partial charge in [-0.3, -0.25) is 4.79 Å². The molecule has 1 amide bonds. The average molecular weight is 425 g/mol. The van der Waals surface area contributed by atoms with Crippen molar-refractivity contribution in [1.82, 2.24) is 0 Å². The minimum Gasteiger partial charge on any atom is -0.493 e. The summed E-state index contributed by atoms with van der Waals surface area (Å²) in [4.78, 5) is 23.9. The van der Waals surface area contributed by atoms with E-state index in [-0.39, 0.29) is 23.0 Å². The third-order valence-electron chi connectivity index (χ3n) is 3.79.